The van der Waals surface area contributed by atoms with Crippen molar-refractivity contribution in [1.82, 2.24) is 4.98 Å². The normalized spacial score (nSPS) is 10.8. The zero-order valence-corrected chi connectivity index (χ0v) is 25.7. The first-order chi connectivity index (χ1) is 22.1. The first-order valence-electron chi connectivity index (χ1n) is 15.3. The summed E-state index contributed by atoms with van der Waals surface area (Å²) in [5.74, 6) is 0.855. The fourth-order valence-corrected chi connectivity index (χ4v) is 5.28. The van der Waals surface area contributed by atoms with Gasteiger partial charge in [0, 0.05) is 23.7 Å². The lowest BCUT2D eigenvalue weighted by Gasteiger charge is -2.22. The van der Waals surface area contributed by atoms with Crippen molar-refractivity contribution in [2.45, 2.75) is 13.8 Å². The number of allylic oxidation sites excluding steroid dienone is 2. The van der Waals surface area contributed by atoms with Crippen LogP contribution in [0.3, 0.4) is 0 Å². The van der Waals surface area contributed by atoms with Crippen LogP contribution in [0.2, 0.25) is 0 Å². The van der Waals surface area contributed by atoms with E-state index in [9.17, 15) is 0 Å². The molecular weight excluding hydrogens is 544 g/mol. The molecule has 0 aliphatic carbocycles. The quantitative estimate of drug-likeness (QED) is 0.158. The Morgan fingerprint density at radius 3 is 1.53 bits per heavy atom. The molecule has 0 radical (unpaired) electrons. The van der Waals surface area contributed by atoms with Gasteiger partial charge < -0.3 is 4.90 Å². The molecule has 0 atom stereocenters. The van der Waals surface area contributed by atoms with Crippen molar-refractivity contribution in [2.24, 2.45) is 0 Å². The van der Waals surface area contributed by atoms with Gasteiger partial charge in [-0.1, -0.05) is 157 Å². The van der Waals surface area contributed by atoms with Gasteiger partial charge in [-0.2, -0.15) is 0 Å². The van der Waals surface area contributed by atoms with Crippen LogP contribution in [-0.2, 0) is 0 Å². The lowest BCUT2D eigenvalue weighted by molar-refractivity contribution is 1.18. The third-order valence-electron chi connectivity index (χ3n) is 7.77. The van der Waals surface area contributed by atoms with Crippen molar-refractivity contribution < 1.29 is 0 Å². The number of rotatable bonds is 9. The molecular formula is C43H36N2. The van der Waals surface area contributed by atoms with E-state index in [0.717, 1.165) is 33.8 Å². The predicted molar refractivity (Wildman–Crippen MR) is 191 cm³/mol. The lowest BCUT2D eigenvalue weighted by Crippen LogP contribution is -2.11. The number of hydrogen-bond donors (Lipinski definition) is 0. The molecule has 0 aliphatic rings. The van der Waals surface area contributed by atoms with Crippen molar-refractivity contribution >= 4 is 28.7 Å². The molecule has 0 saturated carbocycles. The Morgan fingerprint density at radius 1 is 0.511 bits per heavy atom. The minimum absolute atomic E-state index is 0.855. The first kappa shape index (κ1) is 29.3. The summed E-state index contributed by atoms with van der Waals surface area (Å²) in [7, 11) is 0. The van der Waals surface area contributed by atoms with Crippen LogP contribution >= 0.6 is 0 Å². The Bertz CT molecular complexity index is 1810. The maximum absolute atomic E-state index is 4.72. The average molecular weight is 581 g/mol. The van der Waals surface area contributed by atoms with Crippen LogP contribution in [-0.4, -0.2) is 4.98 Å². The van der Waals surface area contributed by atoms with Crippen molar-refractivity contribution in [3.63, 3.8) is 0 Å². The molecule has 0 bridgehead atoms. The van der Waals surface area contributed by atoms with Crippen LogP contribution in [0.15, 0.2) is 176 Å². The minimum Gasteiger partial charge on any atom is -0.301 e. The molecule has 218 valence electrons. The highest BCUT2D eigenvalue weighted by molar-refractivity contribution is 5.84. The summed E-state index contributed by atoms with van der Waals surface area (Å²) in [4.78, 5) is 6.88. The van der Waals surface area contributed by atoms with Crippen LogP contribution in [0, 0.1) is 13.8 Å². The SMILES string of the molecule is Cc1ccc(C(=CC=Cc2ccc(N(C=C(c3ccccc3)c3ccccc3)c3ccccn3)cc2)c2ccc(C)cc2)cc1. The van der Waals surface area contributed by atoms with Gasteiger partial charge in [0.1, 0.15) is 5.82 Å². The van der Waals surface area contributed by atoms with Crippen molar-refractivity contribution in [2.75, 3.05) is 4.90 Å². The number of aromatic nitrogens is 1. The van der Waals surface area contributed by atoms with Gasteiger partial charge in [0.2, 0.25) is 0 Å². The van der Waals surface area contributed by atoms with E-state index in [1.54, 1.807) is 0 Å². The predicted octanol–water partition coefficient (Wildman–Crippen LogP) is 11.1. The molecule has 1 aromatic heterocycles. The van der Waals surface area contributed by atoms with Crippen molar-refractivity contribution in [3.05, 3.63) is 215 Å². The maximum Gasteiger partial charge on any atom is 0.137 e. The highest BCUT2D eigenvalue weighted by Gasteiger charge is 2.13. The van der Waals surface area contributed by atoms with Gasteiger partial charge >= 0.3 is 0 Å². The van der Waals surface area contributed by atoms with Gasteiger partial charge in [-0.3, -0.25) is 0 Å². The average Bonchev–Trinajstić information content (AvgIpc) is 3.10. The Morgan fingerprint density at radius 2 is 1.02 bits per heavy atom. The lowest BCUT2D eigenvalue weighted by atomic mass is 9.96. The largest absolute Gasteiger partial charge is 0.301 e. The van der Waals surface area contributed by atoms with E-state index in [2.05, 4.69) is 177 Å². The summed E-state index contributed by atoms with van der Waals surface area (Å²) in [5.41, 5.74) is 11.7. The van der Waals surface area contributed by atoms with E-state index in [1.165, 1.54) is 27.8 Å². The molecule has 0 fully saturated rings. The second-order valence-electron chi connectivity index (χ2n) is 11.1. The van der Waals surface area contributed by atoms with Gasteiger partial charge in [0.25, 0.3) is 0 Å². The monoisotopic (exact) mass is 580 g/mol. The molecule has 0 unspecified atom stereocenters. The maximum atomic E-state index is 4.72. The number of hydrogen-bond acceptors (Lipinski definition) is 2. The summed E-state index contributed by atoms with van der Waals surface area (Å²) in [5, 5.41) is 0. The zero-order chi connectivity index (χ0) is 30.8. The minimum atomic E-state index is 0.855. The molecule has 2 nitrogen and oxygen atoms in total. The van der Waals surface area contributed by atoms with E-state index < -0.39 is 0 Å². The van der Waals surface area contributed by atoms with E-state index in [-0.39, 0.29) is 0 Å². The highest BCUT2D eigenvalue weighted by Crippen LogP contribution is 2.31. The molecule has 0 saturated heterocycles. The molecule has 45 heavy (non-hydrogen) atoms. The summed E-state index contributed by atoms with van der Waals surface area (Å²) in [6, 6.07) is 53.1. The third kappa shape index (κ3) is 7.44. The molecule has 1 heterocycles. The summed E-state index contributed by atoms with van der Waals surface area (Å²) < 4.78 is 0. The van der Waals surface area contributed by atoms with Crippen LogP contribution in [0.25, 0.3) is 17.2 Å². The topological polar surface area (TPSA) is 16.1 Å². The van der Waals surface area contributed by atoms with Crippen molar-refractivity contribution in [3.8, 4) is 0 Å². The number of aryl methyl sites for hydroxylation is 2. The van der Waals surface area contributed by atoms with Gasteiger partial charge in [-0.05, 0) is 71.5 Å². The molecule has 6 aromatic rings. The Hall–Kier alpha value is -5.73. The number of pyridine rings is 1. The third-order valence-corrected chi connectivity index (χ3v) is 7.77. The van der Waals surface area contributed by atoms with Gasteiger partial charge in [0.05, 0.1) is 0 Å². The molecule has 0 amide bonds. The van der Waals surface area contributed by atoms with E-state index in [4.69, 9.17) is 4.98 Å². The van der Waals surface area contributed by atoms with Crippen molar-refractivity contribution in [1.29, 1.82) is 0 Å². The highest BCUT2D eigenvalue weighted by atomic mass is 15.2. The number of benzene rings is 5. The summed E-state index contributed by atoms with van der Waals surface area (Å²) in [6.45, 7) is 4.25. The van der Waals surface area contributed by atoms with Crippen LogP contribution in [0.4, 0.5) is 11.5 Å². The van der Waals surface area contributed by atoms with E-state index >= 15 is 0 Å². The zero-order valence-electron chi connectivity index (χ0n) is 25.7. The Kier molecular flexibility index (Phi) is 9.23. The van der Waals surface area contributed by atoms with E-state index in [1.807, 2.05) is 24.4 Å². The molecule has 0 aliphatic heterocycles. The van der Waals surface area contributed by atoms with Gasteiger partial charge in [-0.25, -0.2) is 4.98 Å². The molecule has 0 N–H and O–H groups in total. The van der Waals surface area contributed by atoms with Crippen LogP contribution in [0.1, 0.15) is 38.9 Å². The van der Waals surface area contributed by atoms with Gasteiger partial charge in [0.15, 0.2) is 0 Å². The molecule has 2 heteroatoms. The summed E-state index contributed by atoms with van der Waals surface area (Å²) in [6.07, 6.45) is 10.5. The number of anilines is 2. The first-order valence-corrected chi connectivity index (χ1v) is 15.3. The Balaban J connectivity index is 1.34. The second kappa shape index (κ2) is 14.2. The van der Waals surface area contributed by atoms with E-state index in [0.29, 0.717) is 0 Å². The summed E-state index contributed by atoms with van der Waals surface area (Å²) >= 11 is 0. The molecule has 6 rings (SSSR count). The van der Waals surface area contributed by atoms with Gasteiger partial charge in [-0.15, -0.1) is 0 Å². The smallest absolute Gasteiger partial charge is 0.137 e. The van der Waals surface area contributed by atoms with Crippen LogP contribution < -0.4 is 4.90 Å². The molecule has 0 spiro atoms. The fourth-order valence-electron chi connectivity index (χ4n) is 5.28. The second-order valence-corrected chi connectivity index (χ2v) is 11.1. The fraction of sp³-hybridized carbons (Fsp3) is 0.0465. The number of nitrogens with zero attached hydrogens (tertiary/aromatic N) is 2. The van der Waals surface area contributed by atoms with Crippen LogP contribution in [0.5, 0.6) is 0 Å². The standard InChI is InChI=1S/C43H36N2/c1-33-19-25-38(26-20-33)41(39-27-21-34(2)22-28-39)17-11-12-35-23-29-40(30-24-35)45(43-18-9-10-31-44-43)32-42(36-13-5-3-6-14-36)37-15-7-4-8-16-37/h3-32H,1-2H3. The Labute approximate surface area is 267 Å². The molecule has 5 aromatic carbocycles.